The Morgan fingerprint density at radius 3 is 2.08 bits per heavy atom. The Kier molecular flexibility index (Phi) is 12.5. The van der Waals surface area contributed by atoms with Crippen molar-refractivity contribution in [2.75, 3.05) is 13.6 Å². The van der Waals surface area contributed by atoms with Crippen LogP contribution in [0.4, 0.5) is 0 Å². The average molecular weight is 174 g/mol. The lowest BCUT2D eigenvalue weighted by Gasteiger charge is -2.01. The Bertz CT molecular complexity index is 103. The highest BCUT2D eigenvalue weighted by Gasteiger charge is 2.00. The van der Waals surface area contributed by atoms with Crippen LogP contribution >= 0.6 is 0 Å². The molecule has 0 amide bonds. The molecule has 0 aliphatic carbocycles. The van der Waals surface area contributed by atoms with Crippen molar-refractivity contribution in [2.24, 2.45) is 5.73 Å². The van der Waals surface area contributed by atoms with Gasteiger partial charge in [-0.05, 0) is 33.9 Å². The standard InChI is InChI=1S/C5H11NO.C4H11N/c1-4(6-3)5(2)7;1-2-3-4-5/h4,6H,1-3H3;2-5H2,1H3. The molecule has 3 N–H and O–H groups in total. The van der Waals surface area contributed by atoms with Crippen molar-refractivity contribution in [2.45, 2.75) is 39.7 Å². The molecule has 0 aromatic heterocycles. The fourth-order valence-electron chi connectivity index (χ4n) is 0.407. The topological polar surface area (TPSA) is 55.1 Å². The third kappa shape index (κ3) is 12.3. The first-order valence-corrected chi connectivity index (χ1v) is 4.47. The van der Waals surface area contributed by atoms with E-state index in [1.807, 2.05) is 6.92 Å². The van der Waals surface area contributed by atoms with E-state index in [-0.39, 0.29) is 11.8 Å². The number of ketones is 1. The van der Waals surface area contributed by atoms with E-state index in [1.165, 1.54) is 12.8 Å². The van der Waals surface area contributed by atoms with Crippen molar-refractivity contribution in [1.29, 1.82) is 0 Å². The molecule has 0 rings (SSSR count). The largest absolute Gasteiger partial charge is 0.330 e. The van der Waals surface area contributed by atoms with Gasteiger partial charge in [0.15, 0.2) is 0 Å². The SMILES string of the molecule is CCCCN.CNC(C)C(C)=O. The summed E-state index contributed by atoms with van der Waals surface area (Å²) in [7, 11) is 1.77. The second kappa shape index (κ2) is 10.6. The molecule has 0 saturated carbocycles. The van der Waals surface area contributed by atoms with Crippen molar-refractivity contribution < 1.29 is 4.79 Å². The molecule has 0 saturated heterocycles. The van der Waals surface area contributed by atoms with E-state index in [0.717, 1.165) is 6.54 Å². The number of hydrogen-bond acceptors (Lipinski definition) is 3. The number of carbonyl (C=O) groups excluding carboxylic acids is 1. The molecule has 12 heavy (non-hydrogen) atoms. The van der Waals surface area contributed by atoms with Gasteiger partial charge in [0.2, 0.25) is 0 Å². The Morgan fingerprint density at radius 2 is 2.08 bits per heavy atom. The van der Waals surface area contributed by atoms with Gasteiger partial charge in [0, 0.05) is 0 Å². The van der Waals surface area contributed by atoms with Crippen LogP contribution in [0.3, 0.4) is 0 Å². The van der Waals surface area contributed by atoms with Crippen molar-refractivity contribution in [1.82, 2.24) is 5.32 Å². The second-order valence-electron chi connectivity index (χ2n) is 2.76. The third-order valence-corrected chi connectivity index (χ3v) is 1.60. The maximum atomic E-state index is 10.3. The normalized spacial score (nSPS) is 11.4. The van der Waals surface area contributed by atoms with Gasteiger partial charge in [-0.1, -0.05) is 13.3 Å². The zero-order valence-corrected chi connectivity index (χ0v) is 8.68. The summed E-state index contributed by atoms with van der Waals surface area (Å²) >= 11 is 0. The number of nitrogens with two attached hydrogens (primary N) is 1. The lowest BCUT2D eigenvalue weighted by molar-refractivity contribution is -0.118. The van der Waals surface area contributed by atoms with E-state index in [0.29, 0.717) is 0 Å². The quantitative estimate of drug-likeness (QED) is 0.666. The summed E-state index contributed by atoms with van der Waals surface area (Å²) in [5.41, 5.74) is 5.14. The van der Waals surface area contributed by atoms with E-state index in [9.17, 15) is 4.79 Å². The Labute approximate surface area is 75.7 Å². The third-order valence-electron chi connectivity index (χ3n) is 1.60. The predicted molar refractivity (Wildman–Crippen MR) is 53.2 cm³/mol. The van der Waals surface area contributed by atoms with E-state index < -0.39 is 0 Å². The number of rotatable bonds is 4. The monoisotopic (exact) mass is 174 g/mol. The van der Waals surface area contributed by atoms with Gasteiger partial charge >= 0.3 is 0 Å². The zero-order chi connectivity index (χ0) is 9.98. The van der Waals surface area contributed by atoms with Crippen molar-refractivity contribution in [3.05, 3.63) is 0 Å². The van der Waals surface area contributed by atoms with Gasteiger partial charge < -0.3 is 11.1 Å². The average Bonchev–Trinajstić information content (AvgIpc) is 2.05. The van der Waals surface area contributed by atoms with Crippen LogP contribution in [0.25, 0.3) is 0 Å². The van der Waals surface area contributed by atoms with Crippen LogP contribution in [0.15, 0.2) is 0 Å². The maximum absolute atomic E-state index is 10.3. The van der Waals surface area contributed by atoms with Gasteiger partial charge in [-0.25, -0.2) is 0 Å². The first kappa shape index (κ1) is 14.1. The van der Waals surface area contributed by atoms with Crippen molar-refractivity contribution in [3.63, 3.8) is 0 Å². The lowest BCUT2D eigenvalue weighted by atomic mass is 10.2. The molecule has 0 aliphatic rings. The van der Waals surface area contributed by atoms with Gasteiger partial charge in [0.25, 0.3) is 0 Å². The van der Waals surface area contributed by atoms with Gasteiger partial charge in [0.05, 0.1) is 6.04 Å². The minimum Gasteiger partial charge on any atom is -0.330 e. The summed E-state index contributed by atoms with van der Waals surface area (Å²) in [6, 6.07) is 0.0139. The smallest absolute Gasteiger partial charge is 0.146 e. The lowest BCUT2D eigenvalue weighted by Crippen LogP contribution is -2.28. The van der Waals surface area contributed by atoms with Crippen LogP contribution in [0.5, 0.6) is 0 Å². The number of unbranched alkanes of at least 4 members (excludes halogenated alkanes) is 1. The molecule has 0 aromatic rings. The summed E-state index contributed by atoms with van der Waals surface area (Å²) in [6.07, 6.45) is 2.39. The highest BCUT2D eigenvalue weighted by atomic mass is 16.1. The van der Waals surface area contributed by atoms with Crippen LogP contribution in [-0.2, 0) is 4.79 Å². The summed E-state index contributed by atoms with van der Waals surface area (Å²) in [4.78, 5) is 10.3. The van der Waals surface area contributed by atoms with Crippen molar-refractivity contribution >= 4 is 5.78 Å². The molecule has 0 aromatic carbocycles. The molecular weight excluding hydrogens is 152 g/mol. The molecule has 0 bridgehead atoms. The molecule has 0 spiro atoms. The first-order valence-electron chi connectivity index (χ1n) is 4.47. The maximum Gasteiger partial charge on any atom is 0.146 e. The van der Waals surface area contributed by atoms with Crippen LogP contribution in [0.1, 0.15) is 33.6 Å². The zero-order valence-electron chi connectivity index (χ0n) is 8.68. The van der Waals surface area contributed by atoms with E-state index >= 15 is 0 Å². The van der Waals surface area contributed by atoms with Gasteiger partial charge in [-0.3, -0.25) is 4.79 Å². The summed E-state index contributed by atoms with van der Waals surface area (Å²) < 4.78 is 0. The summed E-state index contributed by atoms with van der Waals surface area (Å²) in [5, 5.41) is 2.81. The summed E-state index contributed by atoms with van der Waals surface area (Å²) in [5.74, 6) is 0.183. The summed E-state index contributed by atoms with van der Waals surface area (Å²) in [6.45, 7) is 6.38. The molecule has 0 heterocycles. The van der Waals surface area contributed by atoms with Crippen LogP contribution in [0.2, 0.25) is 0 Å². The number of carbonyl (C=O) groups is 1. The Hall–Kier alpha value is -0.410. The first-order chi connectivity index (χ1) is 5.59. The Morgan fingerprint density at radius 1 is 1.58 bits per heavy atom. The molecule has 74 valence electrons. The fraction of sp³-hybridized carbons (Fsp3) is 0.889. The minimum atomic E-state index is 0.0139. The number of hydrogen-bond donors (Lipinski definition) is 2. The Balaban J connectivity index is 0. The van der Waals surface area contributed by atoms with Gasteiger partial charge in [0.1, 0.15) is 5.78 Å². The molecule has 1 atom stereocenters. The molecule has 1 unspecified atom stereocenters. The van der Waals surface area contributed by atoms with Crippen LogP contribution in [-0.4, -0.2) is 25.4 Å². The highest BCUT2D eigenvalue weighted by Crippen LogP contribution is 1.78. The van der Waals surface area contributed by atoms with E-state index in [4.69, 9.17) is 5.73 Å². The fourth-order valence-corrected chi connectivity index (χ4v) is 0.407. The highest BCUT2D eigenvalue weighted by molar-refractivity contribution is 5.80. The number of likely N-dealkylation sites (N-methyl/N-ethyl adjacent to an activating group) is 1. The molecule has 0 fully saturated rings. The molecular formula is C9H22N2O. The number of nitrogens with one attached hydrogen (secondary N) is 1. The van der Waals surface area contributed by atoms with Crippen molar-refractivity contribution in [3.8, 4) is 0 Å². The molecule has 3 heteroatoms. The minimum absolute atomic E-state index is 0.0139. The predicted octanol–water partition coefficient (Wildman–Crippen LogP) is 0.928. The molecule has 0 aliphatic heterocycles. The van der Waals surface area contributed by atoms with Crippen LogP contribution in [0, 0.1) is 0 Å². The van der Waals surface area contributed by atoms with E-state index in [1.54, 1.807) is 14.0 Å². The van der Waals surface area contributed by atoms with Gasteiger partial charge in [-0.2, -0.15) is 0 Å². The molecule has 0 radical (unpaired) electrons. The molecule has 3 nitrogen and oxygen atoms in total. The second-order valence-corrected chi connectivity index (χ2v) is 2.76. The van der Waals surface area contributed by atoms with Crippen LogP contribution < -0.4 is 11.1 Å². The van der Waals surface area contributed by atoms with E-state index in [2.05, 4.69) is 12.2 Å². The number of Topliss-reactive ketones (excluding diaryl/α,β-unsaturated/α-hetero) is 1. The van der Waals surface area contributed by atoms with Gasteiger partial charge in [-0.15, -0.1) is 0 Å².